The van der Waals surface area contributed by atoms with E-state index in [1.165, 1.54) is 0 Å². The van der Waals surface area contributed by atoms with Crippen LogP contribution in [0.5, 0.6) is 5.75 Å². The van der Waals surface area contributed by atoms with Crippen molar-refractivity contribution >= 4 is 5.71 Å². The van der Waals surface area contributed by atoms with Gasteiger partial charge in [0.15, 0.2) is 0 Å². The molecule has 17 heavy (non-hydrogen) atoms. The summed E-state index contributed by atoms with van der Waals surface area (Å²) in [5, 5.41) is 12.3. The number of oxime groups is 1. The number of nitrogens with zero attached hydrogens (tertiary/aromatic N) is 1. The molecule has 94 valence electrons. The zero-order valence-electron chi connectivity index (χ0n) is 10.8. The van der Waals surface area contributed by atoms with Crippen LogP contribution < -0.4 is 4.74 Å². The van der Waals surface area contributed by atoms with E-state index in [0.717, 1.165) is 17.7 Å². The standard InChI is InChI=1S/C14H21NO2/c1-4-13(15-16)12-7-5-6-8-14(12)17-10-9-11(2)3/h5-8,11,16H,4,9-10H2,1-3H3/b15-13+. The number of para-hydroxylation sites is 1. The van der Waals surface area contributed by atoms with E-state index in [1.807, 2.05) is 31.2 Å². The molecule has 0 heterocycles. The predicted molar refractivity (Wildman–Crippen MR) is 70.0 cm³/mol. The molecule has 0 unspecified atom stereocenters. The van der Waals surface area contributed by atoms with Crippen molar-refractivity contribution in [2.45, 2.75) is 33.6 Å². The lowest BCUT2D eigenvalue weighted by atomic mass is 10.1. The summed E-state index contributed by atoms with van der Waals surface area (Å²) < 4.78 is 5.74. The van der Waals surface area contributed by atoms with Crippen molar-refractivity contribution in [3.8, 4) is 5.75 Å². The van der Waals surface area contributed by atoms with E-state index in [2.05, 4.69) is 19.0 Å². The topological polar surface area (TPSA) is 41.8 Å². The molecule has 1 aromatic carbocycles. The average Bonchev–Trinajstić information content (AvgIpc) is 2.32. The van der Waals surface area contributed by atoms with Crippen LogP contribution in [-0.4, -0.2) is 17.5 Å². The third-order valence-corrected chi connectivity index (χ3v) is 2.61. The zero-order chi connectivity index (χ0) is 12.7. The Balaban J connectivity index is 2.77. The van der Waals surface area contributed by atoms with Crippen molar-refractivity contribution < 1.29 is 9.94 Å². The Morgan fingerprint density at radius 1 is 1.35 bits per heavy atom. The summed E-state index contributed by atoms with van der Waals surface area (Å²) >= 11 is 0. The molecule has 0 amide bonds. The maximum atomic E-state index is 8.95. The second-order valence-corrected chi connectivity index (χ2v) is 4.43. The molecule has 0 bridgehead atoms. The normalized spacial score (nSPS) is 11.9. The quantitative estimate of drug-likeness (QED) is 0.464. The lowest BCUT2D eigenvalue weighted by molar-refractivity contribution is 0.288. The molecule has 0 saturated carbocycles. The number of hydrogen-bond acceptors (Lipinski definition) is 3. The molecule has 0 aliphatic heterocycles. The van der Waals surface area contributed by atoms with E-state index in [9.17, 15) is 0 Å². The fraction of sp³-hybridized carbons (Fsp3) is 0.500. The van der Waals surface area contributed by atoms with Gasteiger partial charge < -0.3 is 9.94 Å². The van der Waals surface area contributed by atoms with Crippen LogP contribution in [0.4, 0.5) is 0 Å². The molecule has 1 rings (SSSR count). The fourth-order valence-corrected chi connectivity index (χ4v) is 1.55. The van der Waals surface area contributed by atoms with Crippen LogP contribution in [-0.2, 0) is 0 Å². The monoisotopic (exact) mass is 235 g/mol. The lowest BCUT2D eigenvalue weighted by Gasteiger charge is -2.12. The molecule has 0 aromatic heterocycles. The van der Waals surface area contributed by atoms with Gasteiger partial charge in [0.1, 0.15) is 5.75 Å². The molecule has 0 aliphatic rings. The predicted octanol–water partition coefficient (Wildman–Crippen LogP) is 3.70. The Morgan fingerprint density at radius 3 is 2.65 bits per heavy atom. The minimum absolute atomic E-state index is 0.624. The van der Waals surface area contributed by atoms with Crippen LogP contribution in [0.15, 0.2) is 29.4 Å². The first-order valence-corrected chi connectivity index (χ1v) is 6.12. The molecular formula is C14H21NO2. The first-order chi connectivity index (χ1) is 8.19. The van der Waals surface area contributed by atoms with Crippen LogP contribution in [0, 0.1) is 5.92 Å². The molecule has 0 atom stereocenters. The van der Waals surface area contributed by atoms with Crippen LogP contribution >= 0.6 is 0 Å². The van der Waals surface area contributed by atoms with Crippen molar-refractivity contribution in [2.75, 3.05) is 6.61 Å². The smallest absolute Gasteiger partial charge is 0.128 e. The van der Waals surface area contributed by atoms with Crippen molar-refractivity contribution in [3.05, 3.63) is 29.8 Å². The van der Waals surface area contributed by atoms with Gasteiger partial charge in [-0.05, 0) is 30.9 Å². The summed E-state index contributed by atoms with van der Waals surface area (Å²) in [5.74, 6) is 1.42. The number of benzene rings is 1. The third-order valence-electron chi connectivity index (χ3n) is 2.61. The minimum atomic E-state index is 0.624. The van der Waals surface area contributed by atoms with E-state index in [1.54, 1.807) is 0 Å². The Kier molecular flexibility index (Phi) is 5.53. The summed E-state index contributed by atoms with van der Waals surface area (Å²) in [7, 11) is 0. The second kappa shape index (κ2) is 6.94. The van der Waals surface area contributed by atoms with Gasteiger partial charge in [0.05, 0.1) is 12.3 Å². The molecule has 0 saturated heterocycles. The molecule has 3 heteroatoms. The first-order valence-electron chi connectivity index (χ1n) is 6.12. The Morgan fingerprint density at radius 2 is 2.06 bits per heavy atom. The second-order valence-electron chi connectivity index (χ2n) is 4.43. The summed E-state index contributed by atoms with van der Waals surface area (Å²) in [6.07, 6.45) is 1.70. The van der Waals surface area contributed by atoms with Crippen molar-refractivity contribution in [1.29, 1.82) is 0 Å². The summed E-state index contributed by atoms with van der Waals surface area (Å²) in [5.41, 5.74) is 1.53. The Hall–Kier alpha value is -1.51. The van der Waals surface area contributed by atoms with Gasteiger partial charge in [-0.25, -0.2) is 0 Å². The van der Waals surface area contributed by atoms with Gasteiger partial charge in [-0.3, -0.25) is 0 Å². The Labute approximate surface area is 103 Å². The molecule has 0 fully saturated rings. The number of rotatable bonds is 6. The highest BCUT2D eigenvalue weighted by molar-refractivity contribution is 6.02. The van der Waals surface area contributed by atoms with Crippen molar-refractivity contribution in [3.63, 3.8) is 0 Å². The van der Waals surface area contributed by atoms with Gasteiger partial charge in [-0.1, -0.05) is 38.1 Å². The van der Waals surface area contributed by atoms with Crippen LogP contribution in [0.2, 0.25) is 0 Å². The van der Waals surface area contributed by atoms with Crippen molar-refractivity contribution in [1.82, 2.24) is 0 Å². The number of ether oxygens (including phenoxy) is 1. The van der Waals surface area contributed by atoms with Crippen LogP contribution in [0.25, 0.3) is 0 Å². The SMILES string of the molecule is CC/C(=N\O)c1ccccc1OCCC(C)C. The molecule has 1 aromatic rings. The van der Waals surface area contributed by atoms with E-state index in [0.29, 0.717) is 24.7 Å². The largest absolute Gasteiger partial charge is 0.493 e. The maximum Gasteiger partial charge on any atom is 0.128 e. The zero-order valence-corrected chi connectivity index (χ0v) is 10.8. The lowest BCUT2D eigenvalue weighted by Crippen LogP contribution is -2.06. The Bertz CT molecular complexity index is 372. The van der Waals surface area contributed by atoms with E-state index in [-0.39, 0.29) is 0 Å². The highest BCUT2D eigenvalue weighted by atomic mass is 16.5. The van der Waals surface area contributed by atoms with Gasteiger partial charge in [0.25, 0.3) is 0 Å². The van der Waals surface area contributed by atoms with Crippen LogP contribution in [0.1, 0.15) is 39.2 Å². The van der Waals surface area contributed by atoms with Gasteiger partial charge >= 0.3 is 0 Å². The van der Waals surface area contributed by atoms with E-state index >= 15 is 0 Å². The maximum absolute atomic E-state index is 8.95. The molecule has 0 spiro atoms. The van der Waals surface area contributed by atoms with Gasteiger partial charge in [-0.2, -0.15) is 0 Å². The molecule has 1 N–H and O–H groups in total. The van der Waals surface area contributed by atoms with Crippen LogP contribution in [0.3, 0.4) is 0 Å². The fourth-order valence-electron chi connectivity index (χ4n) is 1.55. The third kappa shape index (κ3) is 4.10. The number of hydrogen-bond donors (Lipinski definition) is 1. The summed E-state index contributed by atoms with van der Waals surface area (Å²) in [6, 6.07) is 7.68. The average molecular weight is 235 g/mol. The minimum Gasteiger partial charge on any atom is -0.493 e. The molecule has 0 radical (unpaired) electrons. The van der Waals surface area contributed by atoms with E-state index in [4.69, 9.17) is 9.94 Å². The molecular weight excluding hydrogens is 214 g/mol. The highest BCUT2D eigenvalue weighted by Crippen LogP contribution is 2.20. The van der Waals surface area contributed by atoms with Gasteiger partial charge in [0.2, 0.25) is 0 Å². The van der Waals surface area contributed by atoms with Gasteiger partial charge in [-0.15, -0.1) is 0 Å². The summed E-state index contributed by atoms with van der Waals surface area (Å²) in [4.78, 5) is 0. The molecule has 3 nitrogen and oxygen atoms in total. The molecule has 0 aliphatic carbocycles. The van der Waals surface area contributed by atoms with Gasteiger partial charge in [0, 0.05) is 5.56 Å². The highest BCUT2D eigenvalue weighted by Gasteiger charge is 2.09. The van der Waals surface area contributed by atoms with Crippen molar-refractivity contribution in [2.24, 2.45) is 11.1 Å². The van der Waals surface area contributed by atoms with E-state index < -0.39 is 0 Å². The summed E-state index contributed by atoms with van der Waals surface area (Å²) in [6.45, 7) is 6.99. The first kappa shape index (κ1) is 13.6.